The molecule has 8 heteroatoms. The van der Waals surface area contributed by atoms with Gasteiger partial charge in [0, 0.05) is 23.3 Å². The molecule has 1 aliphatic heterocycles. The van der Waals surface area contributed by atoms with Gasteiger partial charge in [0.1, 0.15) is 10.8 Å². The van der Waals surface area contributed by atoms with E-state index in [0.717, 1.165) is 35.7 Å². The number of ether oxygens (including phenoxy) is 1. The summed E-state index contributed by atoms with van der Waals surface area (Å²) in [6, 6.07) is 13.8. The number of aromatic nitrogens is 3. The van der Waals surface area contributed by atoms with E-state index in [1.54, 1.807) is 16.7 Å². The zero-order chi connectivity index (χ0) is 21.2. The van der Waals surface area contributed by atoms with Crippen LogP contribution in [0, 0.1) is 5.82 Å². The smallest absolute Gasteiger partial charge is 0.262 e. The zero-order valence-electron chi connectivity index (χ0n) is 16.7. The summed E-state index contributed by atoms with van der Waals surface area (Å²) >= 11 is 3.03. The molecule has 0 spiro atoms. The van der Waals surface area contributed by atoms with Gasteiger partial charge in [-0.05, 0) is 49.2 Å². The molecular formula is C23H20FN3O2S2. The first-order valence-corrected chi connectivity index (χ1v) is 12.0. The molecule has 0 N–H and O–H groups in total. The Morgan fingerprint density at radius 3 is 2.81 bits per heavy atom. The zero-order valence-corrected chi connectivity index (χ0v) is 18.3. The molecule has 1 aliphatic rings. The minimum absolute atomic E-state index is 0.0334. The standard InChI is InChI=1S/C23H20FN3O2S2/c24-16-9-7-15(8-10-16)21-25-17(13-30-21)14-31-23-26-20-6-2-1-5-19(20)22(28)27(23)12-18-4-3-11-29-18/h1-2,5-10,13,18H,3-4,11-12,14H2. The number of fused-ring (bicyclic) bond motifs is 1. The van der Waals surface area contributed by atoms with Crippen LogP contribution in [0.5, 0.6) is 0 Å². The molecule has 3 heterocycles. The van der Waals surface area contributed by atoms with Crippen LogP contribution in [0.15, 0.2) is 63.9 Å². The second kappa shape index (κ2) is 8.90. The number of thioether (sulfide) groups is 1. The molecule has 0 amide bonds. The first kappa shape index (κ1) is 20.4. The molecule has 1 saturated heterocycles. The topological polar surface area (TPSA) is 57.0 Å². The maximum absolute atomic E-state index is 13.2. The van der Waals surface area contributed by atoms with Crippen molar-refractivity contribution in [1.82, 2.24) is 14.5 Å². The van der Waals surface area contributed by atoms with Crippen LogP contribution in [0.2, 0.25) is 0 Å². The minimum atomic E-state index is -0.261. The Kier molecular flexibility index (Phi) is 5.85. The maximum atomic E-state index is 13.2. The van der Waals surface area contributed by atoms with E-state index in [2.05, 4.69) is 4.98 Å². The molecule has 2 aromatic carbocycles. The highest BCUT2D eigenvalue weighted by Gasteiger charge is 2.20. The van der Waals surface area contributed by atoms with Gasteiger partial charge in [-0.25, -0.2) is 14.4 Å². The van der Waals surface area contributed by atoms with Gasteiger partial charge in [-0.3, -0.25) is 9.36 Å². The second-order valence-corrected chi connectivity index (χ2v) is 9.20. The van der Waals surface area contributed by atoms with E-state index in [4.69, 9.17) is 9.72 Å². The van der Waals surface area contributed by atoms with Crippen molar-refractivity contribution in [3.8, 4) is 10.6 Å². The van der Waals surface area contributed by atoms with Gasteiger partial charge in [0.15, 0.2) is 5.16 Å². The fraction of sp³-hybridized carbons (Fsp3) is 0.261. The lowest BCUT2D eigenvalue weighted by atomic mass is 10.2. The lowest BCUT2D eigenvalue weighted by molar-refractivity contribution is 0.0937. The summed E-state index contributed by atoms with van der Waals surface area (Å²) in [6.07, 6.45) is 2.02. The number of hydrogen-bond acceptors (Lipinski definition) is 6. The number of para-hydroxylation sites is 1. The van der Waals surface area contributed by atoms with Crippen LogP contribution in [0.3, 0.4) is 0 Å². The van der Waals surface area contributed by atoms with Crippen LogP contribution in [0.25, 0.3) is 21.5 Å². The first-order valence-electron chi connectivity index (χ1n) is 10.1. The van der Waals surface area contributed by atoms with Crippen molar-refractivity contribution in [3.63, 3.8) is 0 Å². The number of thiazole rings is 1. The largest absolute Gasteiger partial charge is 0.376 e. The monoisotopic (exact) mass is 453 g/mol. The highest BCUT2D eigenvalue weighted by Crippen LogP contribution is 2.28. The predicted molar refractivity (Wildman–Crippen MR) is 122 cm³/mol. The summed E-state index contributed by atoms with van der Waals surface area (Å²) in [4.78, 5) is 22.6. The van der Waals surface area contributed by atoms with Crippen molar-refractivity contribution in [2.24, 2.45) is 0 Å². The van der Waals surface area contributed by atoms with Gasteiger partial charge in [-0.15, -0.1) is 11.3 Å². The van der Waals surface area contributed by atoms with Crippen molar-refractivity contribution in [2.75, 3.05) is 6.61 Å². The molecule has 0 radical (unpaired) electrons. The summed E-state index contributed by atoms with van der Waals surface area (Å²) in [5.74, 6) is 0.330. The third kappa shape index (κ3) is 4.42. The Morgan fingerprint density at radius 1 is 1.16 bits per heavy atom. The quantitative estimate of drug-likeness (QED) is 0.299. The van der Waals surface area contributed by atoms with Crippen molar-refractivity contribution in [1.29, 1.82) is 0 Å². The normalized spacial score (nSPS) is 16.2. The summed E-state index contributed by atoms with van der Waals surface area (Å²) in [5.41, 5.74) is 2.46. The number of halogens is 1. The van der Waals surface area contributed by atoms with Crippen LogP contribution < -0.4 is 5.56 Å². The number of nitrogens with zero attached hydrogens (tertiary/aromatic N) is 3. The molecule has 1 unspecified atom stereocenters. The fourth-order valence-electron chi connectivity index (χ4n) is 3.65. The van der Waals surface area contributed by atoms with Gasteiger partial charge in [0.25, 0.3) is 5.56 Å². The molecule has 0 saturated carbocycles. The summed E-state index contributed by atoms with van der Waals surface area (Å²) in [5, 5.41) is 4.14. The first-order chi connectivity index (χ1) is 15.2. The van der Waals surface area contributed by atoms with Crippen molar-refractivity contribution < 1.29 is 9.13 Å². The van der Waals surface area contributed by atoms with Gasteiger partial charge < -0.3 is 4.74 Å². The summed E-state index contributed by atoms with van der Waals surface area (Å²) < 4.78 is 20.7. The number of benzene rings is 2. The second-order valence-electron chi connectivity index (χ2n) is 7.40. The minimum Gasteiger partial charge on any atom is -0.376 e. The number of hydrogen-bond donors (Lipinski definition) is 0. The van der Waals surface area contributed by atoms with Crippen LogP contribution in [-0.2, 0) is 17.0 Å². The van der Waals surface area contributed by atoms with Crippen molar-refractivity contribution >= 4 is 34.0 Å². The molecule has 5 rings (SSSR count). The SMILES string of the molecule is O=c1c2ccccc2nc(SCc2csc(-c3ccc(F)cc3)n2)n1CC1CCCO1. The number of rotatable bonds is 6. The highest BCUT2D eigenvalue weighted by atomic mass is 32.2. The molecule has 1 fully saturated rings. The van der Waals surface area contributed by atoms with Crippen LogP contribution in [0.4, 0.5) is 4.39 Å². The van der Waals surface area contributed by atoms with Crippen LogP contribution in [-0.4, -0.2) is 27.2 Å². The van der Waals surface area contributed by atoms with Crippen LogP contribution >= 0.6 is 23.1 Å². The molecule has 4 aromatic rings. The lowest BCUT2D eigenvalue weighted by Gasteiger charge is -2.16. The Labute approximate surface area is 186 Å². The van der Waals surface area contributed by atoms with Crippen LogP contribution in [0.1, 0.15) is 18.5 Å². The van der Waals surface area contributed by atoms with Crippen molar-refractivity contribution in [2.45, 2.75) is 36.4 Å². The van der Waals surface area contributed by atoms with E-state index in [1.807, 2.05) is 29.6 Å². The molecular weight excluding hydrogens is 433 g/mol. The van der Waals surface area contributed by atoms with Gasteiger partial charge in [-0.1, -0.05) is 23.9 Å². The van der Waals surface area contributed by atoms with E-state index in [-0.39, 0.29) is 17.5 Å². The average Bonchev–Trinajstić information content (AvgIpc) is 3.47. The van der Waals surface area contributed by atoms with Gasteiger partial charge in [0.2, 0.25) is 0 Å². The van der Waals surface area contributed by atoms with E-state index < -0.39 is 0 Å². The van der Waals surface area contributed by atoms with E-state index in [1.165, 1.54) is 35.2 Å². The highest BCUT2D eigenvalue weighted by molar-refractivity contribution is 7.98. The van der Waals surface area contributed by atoms with E-state index in [0.29, 0.717) is 28.4 Å². The Balaban J connectivity index is 1.41. The fourth-order valence-corrected chi connectivity index (χ4v) is 5.48. The van der Waals surface area contributed by atoms with Gasteiger partial charge in [-0.2, -0.15) is 0 Å². The predicted octanol–water partition coefficient (Wildman–Crippen LogP) is 5.13. The van der Waals surface area contributed by atoms with Gasteiger partial charge >= 0.3 is 0 Å². The summed E-state index contributed by atoms with van der Waals surface area (Å²) in [6.45, 7) is 1.25. The van der Waals surface area contributed by atoms with E-state index in [9.17, 15) is 9.18 Å². The molecule has 1 atom stereocenters. The van der Waals surface area contributed by atoms with E-state index >= 15 is 0 Å². The van der Waals surface area contributed by atoms with Crippen molar-refractivity contribution in [3.05, 3.63) is 75.8 Å². The third-order valence-corrected chi connectivity index (χ3v) is 7.18. The Morgan fingerprint density at radius 2 is 2.00 bits per heavy atom. The molecule has 0 aliphatic carbocycles. The average molecular weight is 454 g/mol. The maximum Gasteiger partial charge on any atom is 0.262 e. The summed E-state index contributed by atoms with van der Waals surface area (Å²) in [7, 11) is 0. The Bertz CT molecular complexity index is 1260. The molecule has 0 bridgehead atoms. The van der Waals surface area contributed by atoms with Gasteiger partial charge in [0.05, 0.1) is 29.2 Å². The molecule has 31 heavy (non-hydrogen) atoms. The molecule has 5 nitrogen and oxygen atoms in total. The third-order valence-electron chi connectivity index (χ3n) is 5.23. The molecule has 2 aromatic heterocycles. The Hall–Kier alpha value is -2.55. The molecule has 158 valence electrons. The lowest BCUT2D eigenvalue weighted by Crippen LogP contribution is -2.28.